The minimum absolute atomic E-state index is 0.247. The van der Waals surface area contributed by atoms with Crippen LogP contribution in [0.2, 0.25) is 0 Å². The minimum atomic E-state index is 0.247. The lowest BCUT2D eigenvalue weighted by atomic mass is 9.94. The number of nitrogens with zero attached hydrogens (tertiary/aromatic N) is 3. The first-order valence-corrected chi connectivity index (χ1v) is 7.09. The second-order valence-electron chi connectivity index (χ2n) is 5.35. The summed E-state index contributed by atoms with van der Waals surface area (Å²) in [7, 11) is 0. The van der Waals surface area contributed by atoms with E-state index in [1.54, 1.807) is 12.5 Å². The van der Waals surface area contributed by atoms with E-state index in [0.29, 0.717) is 5.92 Å². The zero-order valence-corrected chi connectivity index (χ0v) is 11.1. The van der Waals surface area contributed by atoms with Crippen molar-refractivity contribution in [2.75, 3.05) is 13.1 Å². The number of carbonyl (C=O) groups is 1. The van der Waals surface area contributed by atoms with Crippen LogP contribution < -0.4 is 0 Å². The van der Waals surface area contributed by atoms with Crippen molar-refractivity contribution in [1.29, 1.82) is 0 Å². The van der Waals surface area contributed by atoms with Crippen LogP contribution in [0.4, 0.5) is 0 Å². The van der Waals surface area contributed by atoms with Gasteiger partial charge in [-0.25, -0.2) is 9.97 Å². The number of hydrogen-bond donors (Lipinski definition) is 0. The summed E-state index contributed by atoms with van der Waals surface area (Å²) in [6, 6.07) is 1.97. The van der Waals surface area contributed by atoms with Crippen molar-refractivity contribution in [2.24, 2.45) is 0 Å². The molecule has 1 amide bonds. The van der Waals surface area contributed by atoms with E-state index in [1.807, 2.05) is 11.0 Å². The quantitative estimate of drug-likeness (QED) is 0.816. The summed E-state index contributed by atoms with van der Waals surface area (Å²) in [5.74, 6) is 0.610. The molecule has 4 nitrogen and oxygen atoms in total. The SMILES string of the molecule is O=C(C1=CCCC1)N1CCCC(c2ccncn2)C1. The number of amides is 1. The van der Waals surface area contributed by atoms with Gasteiger partial charge >= 0.3 is 0 Å². The van der Waals surface area contributed by atoms with Crippen LogP contribution in [0.1, 0.15) is 43.7 Å². The van der Waals surface area contributed by atoms with Gasteiger partial charge in [-0.2, -0.15) is 0 Å². The molecule has 0 saturated carbocycles. The zero-order valence-electron chi connectivity index (χ0n) is 11.1. The monoisotopic (exact) mass is 257 g/mol. The van der Waals surface area contributed by atoms with Crippen LogP contribution in [-0.4, -0.2) is 33.9 Å². The van der Waals surface area contributed by atoms with Crippen LogP contribution in [0.15, 0.2) is 30.2 Å². The molecular formula is C15H19N3O. The fraction of sp³-hybridized carbons (Fsp3) is 0.533. The molecule has 0 bridgehead atoms. The van der Waals surface area contributed by atoms with Crippen LogP contribution in [0.5, 0.6) is 0 Å². The molecule has 1 atom stereocenters. The molecule has 0 aromatic carbocycles. The Morgan fingerprint density at radius 1 is 1.37 bits per heavy atom. The van der Waals surface area contributed by atoms with E-state index in [2.05, 4.69) is 16.0 Å². The highest BCUT2D eigenvalue weighted by molar-refractivity contribution is 5.93. The minimum Gasteiger partial charge on any atom is -0.338 e. The Morgan fingerprint density at radius 2 is 2.32 bits per heavy atom. The Hall–Kier alpha value is -1.71. The van der Waals surface area contributed by atoms with Crippen LogP contribution in [0, 0.1) is 0 Å². The maximum Gasteiger partial charge on any atom is 0.249 e. The summed E-state index contributed by atoms with van der Waals surface area (Å²) in [5.41, 5.74) is 2.08. The third-order valence-corrected chi connectivity index (χ3v) is 4.05. The van der Waals surface area contributed by atoms with Crippen molar-refractivity contribution in [1.82, 2.24) is 14.9 Å². The Kier molecular flexibility index (Phi) is 3.58. The lowest BCUT2D eigenvalue weighted by Crippen LogP contribution is -2.39. The van der Waals surface area contributed by atoms with E-state index in [-0.39, 0.29) is 5.91 Å². The summed E-state index contributed by atoms with van der Waals surface area (Å²) in [4.78, 5) is 22.7. The van der Waals surface area contributed by atoms with Gasteiger partial charge < -0.3 is 4.90 Å². The third kappa shape index (κ3) is 2.67. The Labute approximate surface area is 113 Å². The lowest BCUT2D eigenvalue weighted by molar-refractivity contribution is -0.128. The van der Waals surface area contributed by atoms with E-state index in [0.717, 1.165) is 56.5 Å². The molecule has 1 fully saturated rings. The molecule has 1 saturated heterocycles. The summed E-state index contributed by atoms with van der Waals surface area (Å²) in [5, 5.41) is 0. The number of rotatable bonds is 2. The molecule has 100 valence electrons. The van der Waals surface area contributed by atoms with Gasteiger partial charge in [-0.1, -0.05) is 6.08 Å². The Balaban J connectivity index is 1.69. The average Bonchev–Trinajstić information content (AvgIpc) is 3.02. The maximum atomic E-state index is 12.4. The van der Waals surface area contributed by atoms with Crippen LogP contribution >= 0.6 is 0 Å². The summed E-state index contributed by atoms with van der Waals surface area (Å²) >= 11 is 0. The van der Waals surface area contributed by atoms with Gasteiger partial charge in [0.1, 0.15) is 6.33 Å². The molecule has 3 rings (SSSR count). The normalized spacial score (nSPS) is 23.3. The average molecular weight is 257 g/mol. The molecule has 1 unspecified atom stereocenters. The third-order valence-electron chi connectivity index (χ3n) is 4.05. The number of aromatic nitrogens is 2. The predicted molar refractivity (Wildman–Crippen MR) is 72.5 cm³/mol. The zero-order chi connectivity index (χ0) is 13.1. The van der Waals surface area contributed by atoms with Gasteiger partial charge in [-0.3, -0.25) is 4.79 Å². The van der Waals surface area contributed by atoms with Gasteiger partial charge in [-0.15, -0.1) is 0 Å². The first-order chi connectivity index (χ1) is 9.34. The van der Waals surface area contributed by atoms with E-state index in [4.69, 9.17) is 0 Å². The molecule has 0 radical (unpaired) electrons. The number of carbonyl (C=O) groups excluding carboxylic acids is 1. The van der Waals surface area contributed by atoms with E-state index >= 15 is 0 Å². The van der Waals surface area contributed by atoms with Crippen molar-refractivity contribution < 1.29 is 4.79 Å². The molecule has 1 aliphatic heterocycles. The molecular weight excluding hydrogens is 238 g/mol. The number of likely N-dealkylation sites (tertiary alicyclic amines) is 1. The molecule has 1 aromatic heterocycles. The van der Waals surface area contributed by atoms with Crippen molar-refractivity contribution in [3.63, 3.8) is 0 Å². The lowest BCUT2D eigenvalue weighted by Gasteiger charge is -2.32. The van der Waals surface area contributed by atoms with Gasteiger partial charge in [0.2, 0.25) is 5.91 Å². The van der Waals surface area contributed by atoms with Crippen LogP contribution in [0.3, 0.4) is 0 Å². The van der Waals surface area contributed by atoms with Gasteiger partial charge in [0, 0.05) is 36.5 Å². The van der Waals surface area contributed by atoms with Gasteiger partial charge in [0.25, 0.3) is 0 Å². The highest BCUT2D eigenvalue weighted by Gasteiger charge is 2.27. The molecule has 0 spiro atoms. The van der Waals surface area contributed by atoms with Crippen LogP contribution in [0.25, 0.3) is 0 Å². The highest BCUT2D eigenvalue weighted by Crippen LogP contribution is 2.28. The first-order valence-electron chi connectivity index (χ1n) is 7.09. The predicted octanol–water partition coefficient (Wildman–Crippen LogP) is 2.29. The Bertz CT molecular complexity index is 483. The molecule has 2 aliphatic rings. The molecule has 1 aromatic rings. The first kappa shape index (κ1) is 12.3. The largest absolute Gasteiger partial charge is 0.338 e. The summed E-state index contributed by atoms with van der Waals surface area (Å²) < 4.78 is 0. The highest BCUT2D eigenvalue weighted by atomic mass is 16.2. The summed E-state index contributed by atoms with van der Waals surface area (Å²) in [6.45, 7) is 1.69. The molecule has 4 heteroatoms. The topological polar surface area (TPSA) is 46.1 Å². The maximum absolute atomic E-state index is 12.4. The second kappa shape index (κ2) is 5.51. The van der Waals surface area contributed by atoms with E-state index in [1.165, 1.54) is 0 Å². The molecule has 2 heterocycles. The second-order valence-corrected chi connectivity index (χ2v) is 5.35. The number of allylic oxidation sites excluding steroid dienone is 1. The standard InChI is InChI=1S/C15H19N3O/c19-15(12-4-1-2-5-12)18-9-3-6-13(10-18)14-7-8-16-11-17-14/h4,7-8,11,13H,1-3,5-6,9-10H2. The fourth-order valence-electron chi connectivity index (χ4n) is 3.01. The van der Waals surface area contributed by atoms with Crippen molar-refractivity contribution in [3.05, 3.63) is 35.9 Å². The van der Waals surface area contributed by atoms with E-state index in [9.17, 15) is 4.79 Å². The van der Waals surface area contributed by atoms with Crippen molar-refractivity contribution in [2.45, 2.75) is 38.0 Å². The molecule has 19 heavy (non-hydrogen) atoms. The van der Waals surface area contributed by atoms with Crippen LogP contribution in [-0.2, 0) is 4.79 Å². The van der Waals surface area contributed by atoms with Crippen molar-refractivity contribution in [3.8, 4) is 0 Å². The van der Waals surface area contributed by atoms with Gasteiger partial charge in [-0.05, 0) is 38.2 Å². The summed E-state index contributed by atoms with van der Waals surface area (Å²) in [6.07, 6.45) is 10.8. The van der Waals surface area contributed by atoms with Gasteiger partial charge in [0.05, 0.1) is 0 Å². The number of hydrogen-bond acceptors (Lipinski definition) is 3. The fourth-order valence-corrected chi connectivity index (χ4v) is 3.01. The Morgan fingerprint density at radius 3 is 3.05 bits per heavy atom. The molecule has 1 aliphatic carbocycles. The number of piperidine rings is 1. The smallest absolute Gasteiger partial charge is 0.249 e. The van der Waals surface area contributed by atoms with Gasteiger partial charge in [0.15, 0.2) is 0 Å². The van der Waals surface area contributed by atoms with E-state index < -0.39 is 0 Å². The molecule has 0 N–H and O–H groups in total. The van der Waals surface area contributed by atoms with Crippen molar-refractivity contribution >= 4 is 5.91 Å².